The average Bonchev–Trinajstić information content (AvgIpc) is 2.61. The summed E-state index contributed by atoms with van der Waals surface area (Å²) in [6.45, 7) is 4.92. The number of fused-ring (bicyclic) bond motifs is 1. The SMILES string of the molecule is Cc1cc(C)c2cc(CCNC(=O)NCc3ccccc3)c(=O)[nH]c2c1. The van der Waals surface area contributed by atoms with Gasteiger partial charge in [-0.2, -0.15) is 0 Å². The summed E-state index contributed by atoms with van der Waals surface area (Å²) in [6, 6.07) is 15.5. The van der Waals surface area contributed by atoms with Crippen LogP contribution in [0.4, 0.5) is 4.79 Å². The summed E-state index contributed by atoms with van der Waals surface area (Å²) in [5.74, 6) is 0. The third-order valence-corrected chi connectivity index (χ3v) is 4.37. The van der Waals surface area contributed by atoms with Crippen molar-refractivity contribution in [2.45, 2.75) is 26.8 Å². The molecule has 1 aromatic heterocycles. The predicted octanol–water partition coefficient (Wildman–Crippen LogP) is 3.19. The highest BCUT2D eigenvalue weighted by Crippen LogP contribution is 2.18. The summed E-state index contributed by atoms with van der Waals surface area (Å²) in [5.41, 5.74) is 4.72. The molecular formula is C21H23N3O2. The number of aromatic amines is 1. The van der Waals surface area contributed by atoms with Gasteiger partial charge in [0.15, 0.2) is 0 Å². The van der Waals surface area contributed by atoms with Crippen molar-refractivity contribution in [1.82, 2.24) is 15.6 Å². The normalized spacial score (nSPS) is 10.7. The largest absolute Gasteiger partial charge is 0.338 e. The number of nitrogens with one attached hydrogen (secondary N) is 3. The fourth-order valence-corrected chi connectivity index (χ4v) is 3.05. The maximum absolute atomic E-state index is 12.3. The number of aromatic nitrogens is 1. The molecule has 0 aliphatic rings. The van der Waals surface area contributed by atoms with E-state index in [1.54, 1.807) is 0 Å². The molecule has 0 bridgehead atoms. The molecule has 2 aromatic carbocycles. The van der Waals surface area contributed by atoms with Crippen molar-refractivity contribution < 1.29 is 4.79 Å². The molecule has 3 aromatic rings. The second-order valence-corrected chi connectivity index (χ2v) is 6.51. The van der Waals surface area contributed by atoms with E-state index < -0.39 is 0 Å². The molecule has 0 aliphatic carbocycles. The lowest BCUT2D eigenvalue weighted by Crippen LogP contribution is -2.36. The minimum atomic E-state index is -0.238. The Morgan fingerprint density at radius 3 is 2.58 bits per heavy atom. The zero-order valence-electron chi connectivity index (χ0n) is 15.1. The third-order valence-electron chi connectivity index (χ3n) is 4.37. The van der Waals surface area contributed by atoms with E-state index in [-0.39, 0.29) is 11.6 Å². The van der Waals surface area contributed by atoms with E-state index in [0.29, 0.717) is 25.1 Å². The van der Waals surface area contributed by atoms with Crippen LogP contribution in [0.2, 0.25) is 0 Å². The molecule has 0 saturated carbocycles. The third kappa shape index (κ3) is 4.30. The van der Waals surface area contributed by atoms with Gasteiger partial charge in [-0.1, -0.05) is 36.4 Å². The van der Waals surface area contributed by atoms with Crippen LogP contribution in [0.3, 0.4) is 0 Å². The molecule has 134 valence electrons. The van der Waals surface area contributed by atoms with Crippen molar-refractivity contribution >= 4 is 16.9 Å². The zero-order chi connectivity index (χ0) is 18.5. The van der Waals surface area contributed by atoms with Crippen LogP contribution in [0.1, 0.15) is 22.3 Å². The molecule has 5 nitrogen and oxygen atoms in total. The van der Waals surface area contributed by atoms with Crippen LogP contribution >= 0.6 is 0 Å². The van der Waals surface area contributed by atoms with Gasteiger partial charge in [-0.05, 0) is 49.1 Å². The monoisotopic (exact) mass is 349 g/mol. The fraction of sp³-hybridized carbons (Fsp3) is 0.238. The molecule has 3 rings (SSSR count). The molecule has 26 heavy (non-hydrogen) atoms. The van der Waals surface area contributed by atoms with Gasteiger partial charge in [0, 0.05) is 29.6 Å². The maximum Gasteiger partial charge on any atom is 0.315 e. The van der Waals surface area contributed by atoms with Crippen LogP contribution in [-0.4, -0.2) is 17.6 Å². The number of pyridine rings is 1. The summed E-state index contributed by atoms with van der Waals surface area (Å²) in [4.78, 5) is 27.1. The Bertz CT molecular complexity index is 978. The lowest BCUT2D eigenvalue weighted by Gasteiger charge is -2.09. The van der Waals surface area contributed by atoms with E-state index in [1.807, 2.05) is 56.3 Å². The van der Waals surface area contributed by atoms with Gasteiger partial charge in [-0.3, -0.25) is 4.79 Å². The Balaban J connectivity index is 1.58. The maximum atomic E-state index is 12.3. The molecule has 2 amide bonds. The molecule has 0 unspecified atom stereocenters. The van der Waals surface area contributed by atoms with Crippen LogP contribution in [0.15, 0.2) is 53.3 Å². The van der Waals surface area contributed by atoms with Gasteiger partial charge < -0.3 is 15.6 Å². The average molecular weight is 349 g/mol. The van der Waals surface area contributed by atoms with Crippen molar-refractivity contribution in [1.29, 1.82) is 0 Å². The number of amides is 2. The summed E-state index contributed by atoms with van der Waals surface area (Å²) in [6.07, 6.45) is 0.483. The van der Waals surface area contributed by atoms with Crippen LogP contribution in [0.5, 0.6) is 0 Å². The zero-order valence-corrected chi connectivity index (χ0v) is 15.1. The molecular weight excluding hydrogens is 326 g/mol. The molecule has 1 heterocycles. The van der Waals surface area contributed by atoms with Gasteiger partial charge in [-0.25, -0.2) is 4.79 Å². The van der Waals surface area contributed by atoms with E-state index in [1.165, 1.54) is 0 Å². The first-order chi connectivity index (χ1) is 12.5. The van der Waals surface area contributed by atoms with Crippen LogP contribution in [0.25, 0.3) is 10.9 Å². The molecule has 0 fully saturated rings. The molecule has 0 aliphatic heterocycles. The van der Waals surface area contributed by atoms with Crippen molar-refractivity contribution in [3.05, 3.63) is 81.1 Å². The van der Waals surface area contributed by atoms with Crippen molar-refractivity contribution in [2.24, 2.45) is 0 Å². The standard InChI is InChI=1S/C21H23N3O2/c1-14-10-15(2)18-12-17(20(25)24-19(18)11-14)8-9-22-21(26)23-13-16-6-4-3-5-7-16/h3-7,10-12H,8-9,13H2,1-2H3,(H,24,25)(H2,22,23,26). The van der Waals surface area contributed by atoms with E-state index >= 15 is 0 Å². The van der Waals surface area contributed by atoms with Crippen LogP contribution in [-0.2, 0) is 13.0 Å². The quantitative estimate of drug-likeness (QED) is 0.662. The van der Waals surface area contributed by atoms with E-state index in [4.69, 9.17) is 0 Å². The van der Waals surface area contributed by atoms with E-state index in [9.17, 15) is 9.59 Å². The van der Waals surface area contributed by atoms with Crippen LogP contribution < -0.4 is 16.2 Å². The summed E-state index contributed by atoms with van der Waals surface area (Å²) in [5, 5.41) is 6.65. The van der Waals surface area contributed by atoms with Gasteiger partial charge in [0.1, 0.15) is 0 Å². The van der Waals surface area contributed by atoms with Gasteiger partial charge in [0.25, 0.3) is 5.56 Å². The van der Waals surface area contributed by atoms with Crippen molar-refractivity contribution in [3.63, 3.8) is 0 Å². The highest BCUT2D eigenvalue weighted by molar-refractivity contribution is 5.83. The van der Waals surface area contributed by atoms with E-state index in [0.717, 1.165) is 27.6 Å². The molecule has 0 radical (unpaired) electrons. The Hall–Kier alpha value is -3.08. The number of urea groups is 1. The first-order valence-corrected chi connectivity index (χ1v) is 8.72. The fourth-order valence-electron chi connectivity index (χ4n) is 3.05. The Morgan fingerprint density at radius 2 is 1.81 bits per heavy atom. The number of aryl methyl sites for hydroxylation is 2. The summed E-state index contributed by atoms with van der Waals surface area (Å²) >= 11 is 0. The number of rotatable bonds is 5. The lowest BCUT2D eigenvalue weighted by atomic mass is 10.0. The highest BCUT2D eigenvalue weighted by Gasteiger charge is 2.07. The minimum Gasteiger partial charge on any atom is -0.338 e. The molecule has 5 heteroatoms. The van der Waals surface area contributed by atoms with Crippen LogP contribution in [0, 0.1) is 13.8 Å². The van der Waals surface area contributed by atoms with Gasteiger partial charge in [-0.15, -0.1) is 0 Å². The minimum absolute atomic E-state index is 0.103. The van der Waals surface area contributed by atoms with Gasteiger partial charge in [0.05, 0.1) is 0 Å². The van der Waals surface area contributed by atoms with Crippen molar-refractivity contribution in [2.75, 3.05) is 6.54 Å². The number of benzene rings is 2. The number of carbonyl (C=O) groups is 1. The first kappa shape index (κ1) is 17.7. The molecule has 3 N–H and O–H groups in total. The first-order valence-electron chi connectivity index (χ1n) is 8.72. The number of hydrogen-bond acceptors (Lipinski definition) is 2. The Kier molecular flexibility index (Phi) is 5.37. The van der Waals surface area contributed by atoms with E-state index in [2.05, 4.69) is 21.7 Å². The number of hydrogen-bond donors (Lipinski definition) is 3. The molecule has 0 saturated heterocycles. The smallest absolute Gasteiger partial charge is 0.315 e. The van der Waals surface area contributed by atoms with Crippen molar-refractivity contribution in [3.8, 4) is 0 Å². The highest BCUT2D eigenvalue weighted by atomic mass is 16.2. The Morgan fingerprint density at radius 1 is 1.04 bits per heavy atom. The predicted molar refractivity (Wildman–Crippen MR) is 104 cm³/mol. The molecule has 0 spiro atoms. The second-order valence-electron chi connectivity index (χ2n) is 6.51. The second kappa shape index (κ2) is 7.87. The lowest BCUT2D eigenvalue weighted by molar-refractivity contribution is 0.240. The summed E-state index contributed by atoms with van der Waals surface area (Å²) < 4.78 is 0. The van der Waals surface area contributed by atoms with Gasteiger partial charge >= 0.3 is 6.03 Å². The topological polar surface area (TPSA) is 74.0 Å². The Labute approximate surface area is 152 Å². The summed E-state index contributed by atoms with van der Waals surface area (Å²) in [7, 11) is 0. The molecule has 0 atom stereocenters. The van der Waals surface area contributed by atoms with Gasteiger partial charge in [0.2, 0.25) is 0 Å². The number of H-pyrrole nitrogens is 1. The number of carbonyl (C=O) groups excluding carboxylic acids is 1.